The van der Waals surface area contributed by atoms with Crippen LogP contribution in [0.1, 0.15) is 32.6 Å². The van der Waals surface area contributed by atoms with Crippen molar-refractivity contribution in [2.75, 3.05) is 13.1 Å². The molecule has 1 saturated heterocycles. The molecule has 0 radical (unpaired) electrons. The van der Waals surface area contributed by atoms with Gasteiger partial charge in [-0.05, 0) is 26.2 Å². The quantitative estimate of drug-likeness (QED) is 0.727. The SMILES string of the molecule is CC(=O)CC(=O)N1CCCCC(OC(N)=O)C1. The molecule has 0 saturated carbocycles. The van der Waals surface area contributed by atoms with Gasteiger partial charge in [-0.25, -0.2) is 4.79 Å². The van der Waals surface area contributed by atoms with Crippen LogP contribution < -0.4 is 5.73 Å². The minimum atomic E-state index is -0.823. The summed E-state index contributed by atoms with van der Waals surface area (Å²) in [6, 6.07) is 0. The molecule has 6 heteroatoms. The second-order valence-corrected chi connectivity index (χ2v) is 4.27. The summed E-state index contributed by atoms with van der Waals surface area (Å²) in [7, 11) is 0. The van der Waals surface area contributed by atoms with Gasteiger partial charge in [-0.3, -0.25) is 9.59 Å². The molecule has 2 amide bonds. The Morgan fingerprint density at radius 3 is 2.65 bits per heavy atom. The molecule has 1 atom stereocenters. The zero-order valence-corrected chi connectivity index (χ0v) is 9.98. The maximum atomic E-state index is 11.7. The van der Waals surface area contributed by atoms with Crippen molar-refractivity contribution in [1.29, 1.82) is 0 Å². The highest BCUT2D eigenvalue weighted by Crippen LogP contribution is 2.14. The van der Waals surface area contributed by atoms with E-state index in [4.69, 9.17) is 10.5 Å². The van der Waals surface area contributed by atoms with Gasteiger partial charge in [0.25, 0.3) is 0 Å². The van der Waals surface area contributed by atoms with Crippen LogP contribution in [-0.4, -0.2) is 41.9 Å². The molecule has 0 aliphatic carbocycles. The number of hydrogen-bond acceptors (Lipinski definition) is 4. The number of amides is 2. The summed E-state index contributed by atoms with van der Waals surface area (Å²) in [5.41, 5.74) is 4.96. The zero-order valence-electron chi connectivity index (χ0n) is 9.98. The number of nitrogens with zero attached hydrogens (tertiary/aromatic N) is 1. The van der Waals surface area contributed by atoms with Crippen molar-refractivity contribution in [3.63, 3.8) is 0 Å². The van der Waals surface area contributed by atoms with Crippen molar-refractivity contribution in [2.24, 2.45) is 5.73 Å². The van der Waals surface area contributed by atoms with E-state index < -0.39 is 6.09 Å². The molecule has 1 fully saturated rings. The fraction of sp³-hybridized carbons (Fsp3) is 0.727. The minimum absolute atomic E-state index is 0.0940. The molecular formula is C11H18N2O4. The number of Topliss-reactive ketones (excluding diaryl/α,β-unsaturated/α-hetero) is 1. The molecule has 0 aromatic carbocycles. The second-order valence-electron chi connectivity index (χ2n) is 4.27. The van der Waals surface area contributed by atoms with E-state index in [-0.39, 0.29) is 24.2 Å². The molecule has 0 spiro atoms. The van der Waals surface area contributed by atoms with Gasteiger partial charge in [0.1, 0.15) is 11.9 Å². The fourth-order valence-electron chi connectivity index (χ4n) is 1.91. The lowest BCUT2D eigenvalue weighted by Crippen LogP contribution is -2.39. The number of likely N-dealkylation sites (tertiary alicyclic amines) is 1. The number of primary amides is 1. The Hall–Kier alpha value is -1.59. The maximum absolute atomic E-state index is 11.7. The summed E-state index contributed by atoms with van der Waals surface area (Å²) in [5, 5.41) is 0. The summed E-state index contributed by atoms with van der Waals surface area (Å²) >= 11 is 0. The zero-order chi connectivity index (χ0) is 12.8. The summed E-state index contributed by atoms with van der Waals surface area (Å²) in [5.74, 6) is -0.371. The number of carbonyl (C=O) groups excluding carboxylic acids is 3. The Bertz CT molecular complexity index is 317. The molecule has 0 aromatic rings. The first-order chi connectivity index (χ1) is 7.99. The van der Waals surface area contributed by atoms with Crippen LogP contribution in [0.25, 0.3) is 0 Å². The van der Waals surface area contributed by atoms with Gasteiger partial charge in [-0.15, -0.1) is 0 Å². The van der Waals surface area contributed by atoms with Gasteiger partial charge in [0.15, 0.2) is 0 Å². The smallest absolute Gasteiger partial charge is 0.404 e. The largest absolute Gasteiger partial charge is 0.445 e. The van der Waals surface area contributed by atoms with E-state index in [9.17, 15) is 14.4 Å². The predicted molar refractivity (Wildman–Crippen MR) is 60.2 cm³/mol. The lowest BCUT2D eigenvalue weighted by atomic mass is 10.2. The molecular weight excluding hydrogens is 224 g/mol. The lowest BCUT2D eigenvalue weighted by Gasteiger charge is -2.23. The monoisotopic (exact) mass is 242 g/mol. The molecule has 17 heavy (non-hydrogen) atoms. The van der Waals surface area contributed by atoms with Crippen molar-refractivity contribution in [3.05, 3.63) is 0 Å². The van der Waals surface area contributed by atoms with Crippen LogP contribution >= 0.6 is 0 Å². The molecule has 1 rings (SSSR count). The molecule has 1 unspecified atom stereocenters. The number of ether oxygens (including phenoxy) is 1. The van der Waals surface area contributed by atoms with Crippen LogP contribution in [0.15, 0.2) is 0 Å². The number of ketones is 1. The van der Waals surface area contributed by atoms with Crippen molar-refractivity contribution < 1.29 is 19.1 Å². The predicted octanol–water partition coefficient (Wildman–Crippen LogP) is 0.442. The number of rotatable bonds is 3. The molecule has 1 aliphatic rings. The Morgan fingerprint density at radius 2 is 2.06 bits per heavy atom. The van der Waals surface area contributed by atoms with Crippen molar-refractivity contribution in [3.8, 4) is 0 Å². The third-order valence-electron chi connectivity index (χ3n) is 2.66. The molecule has 2 N–H and O–H groups in total. The van der Waals surface area contributed by atoms with Gasteiger partial charge in [0, 0.05) is 6.54 Å². The van der Waals surface area contributed by atoms with E-state index in [1.54, 1.807) is 4.90 Å². The van der Waals surface area contributed by atoms with Crippen LogP contribution in [0.2, 0.25) is 0 Å². The van der Waals surface area contributed by atoms with E-state index in [0.29, 0.717) is 19.5 Å². The summed E-state index contributed by atoms with van der Waals surface area (Å²) in [6.45, 7) is 2.31. The van der Waals surface area contributed by atoms with Crippen LogP contribution in [0.3, 0.4) is 0 Å². The van der Waals surface area contributed by atoms with Crippen molar-refractivity contribution in [2.45, 2.75) is 38.7 Å². The summed E-state index contributed by atoms with van der Waals surface area (Å²) < 4.78 is 4.92. The van der Waals surface area contributed by atoms with Crippen molar-refractivity contribution >= 4 is 17.8 Å². The summed E-state index contributed by atoms with van der Waals surface area (Å²) in [6.07, 6.45) is 1.15. The molecule has 0 aromatic heterocycles. The van der Waals surface area contributed by atoms with Gasteiger partial charge in [-0.2, -0.15) is 0 Å². The van der Waals surface area contributed by atoms with E-state index in [0.717, 1.165) is 12.8 Å². The van der Waals surface area contributed by atoms with E-state index in [1.807, 2.05) is 0 Å². The Morgan fingerprint density at radius 1 is 1.35 bits per heavy atom. The first-order valence-corrected chi connectivity index (χ1v) is 5.72. The van der Waals surface area contributed by atoms with Gasteiger partial charge < -0.3 is 15.4 Å². The van der Waals surface area contributed by atoms with E-state index in [1.165, 1.54) is 6.92 Å². The minimum Gasteiger partial charge on any atom is -0.445 e. The first-order valence-electron chi connectivity index (χ1n) is 5.72. The second kappa shape index (κ2) is 6.22. The third-order valence-corrected chi connectivity index (χ3v) is 2.66. The average Bonchev–Trinajstić information content (AvgIpc) is 2.41. The van der Waals surface area contributed by atoms with E-state index >= 15 is 0 Å². The van der Waals surface area contributed by atoms with Crippen LogP contribution in [-0.2, 0) is 14.3 Å². The number of nitrogens with two attached hydrogens (primary N) is 1. The molecule has 1 aliphatic heterocycles. The summed E-state index contributed by atoms with van der Waals surface area (Å²) in [4.78, 5) is 34.9. The Kier molecular flexibility index (Phi) is 4.93. The Balaban J connectivity index is 2.56. The lowest BCUT2D eigenvalue weighted by molar-refractivity contribution is -0.135. The van der Waals surface area contributed by atoms with Gasteiger partial charge in [0.05, 0.1) is 13.0 Å². The van der Waals surface area contributed by atoms with Crippen molar-refractivity contribution in [1.82, 2.24) is 4.90 Å². The van der Waals surface area contributed by atoms with Crippen LogP contribution in [0.4, 0.5) is 4.79 Å². The third kappa shape index (κ3) is 4.84. The van der Waals surface area contributed by atoms with Crippen LogP contribution in [0.5, 0.6) is 0 Å². The van der Waals surface area contributed by atoms with E-state index in [2.05, 4.69) is 0 Å². The average molecular weight is 242 g/mol. The highest BCUT2D eigenvalue weighted by atomic mass is 16.6. The molecule has 1 heterocycles. The first kappa shape index (κ1) is 13.5. The molecule has 96 valence electrons. The molecule has 6 nitrogen and oxygen atoms in total. The topological polar surface area (TPSA) is 89.7 Å². The standard InChI is InChI=1S/C11H18N2O4/c1-8(14)6-10(15)13-5-3-2-4-9(7-13)17-11(12)16/h9H,2-7H2,1H3,(H2,12,16). The number of hydrogen-bond donors (Lipinski definition) is 1. The van der Waals surface area contributed by atoms with Gasteiger partial charge in [-0.1, -0.05) is 0 Å². The van der Waals surface area contributed by atoms with Gasteiger partial charge in [0.2, 0.25) is 5.91 Å². The normalized spacial score (nSPS) is 20.5. The van der Waals surface area contributed by atoms with Gasteiger partial charge >= 0.3 is 6.09 Å². The fourth-order valence-corrected chi connectivity index (χ4v) is 1.91. The highest BCUT2D eigenvalue weighted by Gasteiger charge is 2.24. The Labute approximate surface area is 100 Å². The molecule has 0 bridgehead atoms. The highest BCUT2D eigenvalue weighted by molar-refractivity contribution is 5.96. The maximum Gasteiger partial charge on any atom is 0.404 e. The van der Waals surface area contributed by atoms with Crippen LogP contribution in [0, 0.1) is 0 Å². The number of carbonyl (C=O) groups is 3.